The lowest BCUT2D eigenvalue weighted by atomic mass is 10.2. The Morgan fingerprint density at radius 2 is 2.00 bits per heavy atom. The molecule has 2 atom stereocenters. The van der Waals surface area contributed by atoms with Crippen LogP contribution >= 0.6 is 0 Å². The third kappa shape index (κ3) is 5.09. The van der Waals surface area contributed by atoms with Crippen LogP contribution in [0.25, 0.3) is 0 Å². The summed E-state index contributed by atoms with van der Waals surface area (Å²) >= 11 is 0. The van der Waals surface area contributed by atoms with Gasteiger partial charge in [0.1, 0.15) is 6.54 Å². The van der Waals surface area contributed by atoms with Gasteiger partial charge < -0.3 is 15.1 Å². The fourth-order valence-electron chi connectivity index (χ4n) is 3.18. The van der Waals surface area contributed by atoms with Crippen LogP contribution in [0.5, 0.6) is 0 Å². The van der Waals surface area contributed by atoms with Crippen LogP contribution in [-0.4, -0.2) is 85.5 Å². The number of likely N-dealkylation sites (tertiary alicyclic amines) is 2. The number of guanidine groups is 1. The minimum atomic E-state index is 0.0451. The third-order valence-corrected chi connectivity index (χ3v) is 4.97. The zero-order chi connectivity index (χ0) is 16.8. The molecule has 2 rings (SSSR count). The van der Waals surface area contributed by atoms with Crippen LogP contribution < -0.4 is 5.32 Å². The Balaban J connectivity index is 1.98. The molecule has 1 N–H and O–H groups in total. The number of carbonyl (C=O) groups is 1. The van der Waals surface area contributed by atoms with Crippen molar-refractivity contribution >= 4 is 11.9 Å². The molecule has 0 bridgehead atoms. The van der Waals surface area contributed by atoms with E-state index in [2.05, 4.69) is 34.0 Å². The summed E-state index contributed by atoms with van der Waals surface area (Å²) in [5.41, 5.74) is 0. The lowest BCUT2D eigenvalue weighted by molar-refractivity contribution is -0.127. The van der Waals surface area contributed by atoms with Gasteiger partial charge in [-0.1, -0.05) is 6.92 Å². The van der Waals surface area contributed by atoms with E-state index in [9.17, 15) is 4.79 Å². The first-order valence-electron chi connectivity index (χ1n) is 9.01. The quantitative estimate of drug-likeness (QED) is 0.605. The Morgan fingerprint density at radius 3 is 2.61 bits per heavy atom. The summed E-state index contributed by atoms with van der Waals surface area (Å²) < 4.78 is 0. The zero-order valence-electron chi connectivity index (χ0n) is 15.2. The zero-order valence-corrected chi connectivity index (χ0v) is 15.2. The number of carbonyl (C=O) groups excluding carboxylic acids is 1. The van der Waals surface area contributed by atoms with Crippen LogP contribution in [0.15, 0.2) is 4.99 Å². The maximum absolute atomic E-state index is 11.9. The molecule has 6 heteroatoms. The average Bonchev–Trinajstić information content (AvgIpc) is 3.20. The molecule has 2 heterocycles. The predicted octanol–water partition coefficient (Wildman–Crippen LogP) is 0.989. The van der Waals surface area contributed by atoms with Crippen LogP contribution in [0.2, 0.25) is 0 Å². The molecule has 0 spiro atoms. The van der Waals surface area contributed by atoms with Crippen molar-refractivity contribution in [3.8, 4) is 0 Å². The van der Waals surface area contributed by atoms with Gasteiger partial charge in [-0.05, 0) is 45.7 Å². The lowest BCUT2D eigenvalue weighted by Crippen LogP contribution is -2.46. The fraction of sp³-hybridized carbons (Fsp3) is 0.882. The molecule has 0 aromatic rings. The third-order valence-electron chi connectivity index (χ3n) is 4.97. The summed E-state index contributed by atoms with van der Waals surface area (Å²) in [6, 6.07) is 1.01. The van der Waals surface area contributed by atoms with E-state index in [0.717, 1.165) is 25.5 Å². The van der Waals surface area contributed by atoms with Crippen molar-refractivity contribution in [1.82, 2.24) is 20.0 Å². The molecule has 2 unspecified atom stereocenters. The molecule has 132 valence electrons. The summed E-state index contributed by atoms with van der Waals surface area (Å²) in [5, 5.41) is 3.50. The fourth-order valence-corrected chi connectivity index (χ4v) is 3.18. The molecule has 0 aromatic heterocycles. The maximum atomic E-state index is 11.9. The van der Waals surface area contributed by atoms with E-state index in [1.807, 2.05) is 0 Å². The molecule has 2 aliphatic rings. The number of hydrogen-bond donors (Lipinski definition) is 1. The van der Waals surface area contributed by atoms with Crippen LogP contribution in [0.1, 0.15) is 39.5 Å². The highest BCUT2D eigenvalue weighted by molar-refractivity contribution is 5.85. The van der Waals surface area contributed by atoms with E-state index < -0.39 is 0 Å². The van der Waals surface area contributed by atoms with E-state index in [1.165, 1.54) is 32.4 Å². The van der Waals surface area contributed by atoms with Gasteiger partial charge in [0.25, 0.3) is 0 Å². The molecule has 1 amide bonds. The van der Waals surface area contributed by atoms with E-state index in [4.69, 9.17) is 0 Å². The van der Waals surface area contributed by atoms with Crippen molar-refractivity contribution in [2.24, 2.45) is 4.99 Å². The number of rotatable bonds is 5. The SMILES string of the molecule is CCC(C)NC(=NCC(=O)N(C)C)N1CCC(N2CCCC2)C1. The Morgan fingerprint density at radius 1 is 1.30 bits per heavy atom. The van der Waals surface area contributed by atoms with Crippen molar-refractivity contribution in [3.63, 3.8) is 0 Å². The van der Waals surface area contributed by atoms with Crippen molar-refractivity contribution in [2.45, 2.75) is 51.6 Å². The van der Waals surface area contributed by atoms with Gasteiger partial charge in [-0.3, -0.25) is 9.69 Å². The molecule has 6 nitrogen and oxygen atoms in total. The summed E-state index contributed by atoms with van der Waals surface area (Å²) in [5.74, 6) is 0.944. The second-order valence-corrected chi connectivity index (χ2v) is 7.01. The number of hydrogen-bond acceptors (Lipinski definition) is 3. The Kier molecular flexibility index (Phi) is 6.69. The van der Waals surface area contributed by atoms with Crippen LogP contribution in [0.3, 0.4) is 0 Å². The highest BCUT2D eigenvalue weighted by Crippen LogP contribution is 2.20. The second-order valence-electron chi connectivity index (χ2n) is 7.01. The van der Waals surface area contributed by atoms with Gasteiger partial charge in [0, 0.05) is 39.3 Å². The van der Waals surface area contributed by atoms with Gasteiger partial charge in [0.15, 0.2) is 5.96 Å². The van der Waals surface area contributed by atoms with Gasteiger partial charge in [0.2, 0.25) is 5.91 Å². The van der Waals surface area contributed by atoms with Gasteiger partial charge in [-0.15, -0.1) is 0 Å². The molecular weight excluding hydrogens is 290 g/mol. The average molecular weight is 323 g/mol. The summed E-state index contributed by atoms with van der Waals surface area (Å²) in [4.78, 5) is 23.0. The molecule has 0 aromatic carbocycles. The largest absolute Gasteiger partial charge is 0.354 e. The van der Waals surface area contributed by atoms with Crippen molar-refractivity contribution < 1.29 is 4.79 Å². The minimum absolute atomic E-state index is 0.0451. The summed E-state index contributed by atoms with van der Waals surface area (Å²) in [6.07, 6.45) is 4.91. The second kappa shape index (κ2) is 8.52. The first kappa shape index (κ1) is 18.0. The smallest absolute Gasteiger partial charge is 0.243 e. The van der Waals surface area contributed by atoms with Crippen LogP contribution in [0.4, 0.5) is 0 Å². The first-order valence-corrected chi connectivity index (χ1v) is 9.01. The Labute approximate surface area is 140 Å². The van der Waals surface area contributed by atoms with E-state index >= 15 is 0 Å². The van der Waals surface area contributed by atoms with Crippen molar-refractivity contribution in [2.75, 3.05) is 46.8 Å². The molecule has 2 saturated heterocycles. The standard InChI is InChI=1S/C17H33N5O/c1-5-14(2)19-17(18-12-16(23)20(3)4)22-11-8-15(13-22)21-9-6-7-10-21/h14-15H,5-13H2,1-4H3,(H,18,19). The van der Waals surface area contributed by atoms with E-state index in [0.29, 0.717) is 12.1 Å². The molecule has 0 saturated carbocycles. The van der Waals surface area contributed by atoms with Crippen LogP contribution in [-0.2, 0) is 4.79 Å². The van der Waals surface area contributed by atoms with Crippen LogP contribution in [0, 0.1) is 0 Å². The van der Waals surface area contributed by atoms with Gasteiger partial charge in [-0.2, -0.15) is 0 Å². The van der Waals surface area contributed by atoms with Gasteiger partial charge in [-0.25, -0.2) is 4.99 Å². The topological polar surface area (TPSA) is 51.2 Å². The van der Waals surface area contributed by atoms with E-state index in [1.54, 1.807) is 19.0 Å². The molecule has 2 aliphatic heterocycles. The minimum Gasteiger partial charge on any atom is -0.354 e. The highest BCUT2D eigenvalue weighted by Gasteiger charge is 2.31. The Bertz CT molecular complexity index is 417. The Hall–Kier alpha value is -1.30. The highest BCUT2D eigenvalue weighted by atomic mass is 16.2. The van der Waals surface area contributed by atoms with E-state index in [-0.39, 0.29) is 12.5 Å². The number of aliphatic imine (C=N–C) groups is 1. The number of amides is 1. The molecule has 0 radical (unpaired) electrons. The number of nitrogens with one attached hydrogen (secondary N) is 1. The van der Waals surface area contributed by atoms with Crippen molar-refractivity contribution in [1.29, 1.82) is 0 Å². The molecule has 2 fully saturated rings. The lowest BCUT2D eigenvalue weighted by Gasteiger charge is -2.27. The van der Waals surface area contributed by atoms with Crippen molar-refractivity contribution in [3.05, 3.63) is 0 Å². The first-order chi connectivity index (χ1) is 11.0. The normalized spacial score (nSPS) is 24.1. The molecular formula is C17H33N5O. The summed E-state index contributed by atoms with van der Waals surface area (Å²) in [7, 11) is 3.55. The summed E-state index contributed by atoms with van der Waals surface area (Å²) in [6.45, 7) is 9.08. The number of likely N-dealkylation sites (N-methyl/N-ethyl adjacent to an activating group) is 1. The maximum Gasteiger partial charge on any atom is 0.243 e. The molecule has 23 heavy (non-hydrogen) atoms. The monoisotopic (exact) mass is 323 g/mol. The number of nitrogens with zero attached hydrogens (tertiary/aromatic N) is 4. The molecule has 0 aliphatic carbocycles. The predicted molar refractivity (Wildman–Crippen MR) is 94.7 cm³/mol. The van der Waals surface area contributed by atoms with Gasteiger partial charge in [0.05, 0.1) is 0 Å². The van der Waals surface area contributed by atoms with Gasteiger partial charge >= 0.3 is 0 Å².